The number of ether oxygens (including phenoxy) is 2. The van der Waals surface area contributed by atoms with Gasteiger partial charge in [-0.25, -0.2) is 0 Å². The molecule has 1 fully saturated rings. The standard InChI is InChI=1S/C21H18BrClN2O3S/c1-3-9-28-19-16(23)10-13(12-18(19)27-4-2)11-17-20(26)25(21(29)24-17)15-7-5-14(22)6-8-15/h3,5-8,10-12H,1,4,9H2,2H3,(H,24,29)/b17-11-. The fourth-order valence-corrected chi connectivity index (χ4v) is 3.58. The summed E-state index contributed by atoms with van der Waals surface area (Å²) in [4.78, 5) is 14.4. The van der Waals surface area contributed by atoms with Crippen LogP contribution >= 0.6 is 39.7 Å². The highest BCUT2D eigenvalue weighted by Crippen LogP contribution is 2.37. The van der Waals surface area contributed by atoms with Crippen molar-refractivity contribution in [3.05, 3.63) is 69.8 Å². The van der Waals surface area contributed by atoms with E-state index in [2.05, 4.69) is 27.8 Å². The Kier molecular flexibility index (Phi) is 6.95. The van der Waals surface area contributed by atoms with E-state index in [-0.39, 0.29) is 5.91 Å². The zero-order valence-corrected chi connectivity index (χ0v) is 18.7. The Morgan fingerprint density at radius 1 is 1.28 bits per heavy atom. The van der Waals surface area contributed by atoms with E-state index in [1.165, 1.54) is 4.90 Å². The molecule has 0 aromatic heterocycles. The summed E-state index contributed by atoms with van der Waals surface area (Å²) in [5, 5.41) is 3.65. The summed E-state index contributed by atoms with van der Waals surface area (Å²) in [5.41, 5.74) is 1.71. The van der Waals surface area contributed by atoms with Gasteiger partial charge in [0, 0.05) is 4.47 Å². The molecule has 1 amide bonds. The summed E-state index contributed by atoms with van der Waals surface area (Å²) >= 11 is 15.1. The predicted octanol–water partition coefficient (Wildman–Crippen LogP) is 5.33. The van der Waals surface area contributed by atoms with Crippen molar-refractivity contribution in [1.29, 1.82) is 0 Å². The number of amides is 1. The highest BCUT2D eigenvalue weighted by Gasteiger charge is 2.32. The number of thiocarbonyl (C=S) groups is 1. The van der Waals surface area contributed by atoms with E-state index in [4.69, 9.17) is 33.3 Å². The van der Waals surface area contributed by atoms with Crippen molar-refractivity contribution in [2.75, 3.05) is 18.1 Å². The highest BCUT2D eigenvalue weighted by atomic mass is 79.9. The van der Waals surface area contributed by atoms with Crippen LogP contribution in [0.5, 0.6) is 11.5 Å². The summed E-state index contributed by atoms with van der Waals surface area (Å²) in [7, 11) is 0. The topological polar surface area (TPSA) is 50.8 Å². The molecule has 0 saturated carbocycles. The fraction of sp³-hybridized carbons (Fsp3) is 0.143. The first-order valence-electron chi connectivity index (χ1n) is 8.77. The molecule has 3 rings (SSSR count). The largest absolute Gasteiger partial charge is 0.490 e. The van der Waals surface area contributed by atoms with Crippen molar-refractivity contribution < 1.29 is 14.3 Å². The average Bonchev–Trinajstić information content (AvgIpc) is 2.95. The van der Waals surface area contributed by atoms with Crippen LogP contribution in [-0.2, 0) is 4.79 Å². The van der Waals surface area contributed by atoms with Crippen LogP contribution in [0.1, 0.15) is 12.5 Å². The lowest BCUT2D eigenvalue weighted by Crippen LogP contribution is -2.30. The van der Waals surface area contributed by atoms with E-state index in [9.17, 15) is 4.79 Å². The lowest BCUT2D eigenvalue weighted by Gasteiger charge is -2.14. The van der Waals surface area contributed by atoms with Crippen molar-refractivity contribution in [3.63, 3.8) is 0 Å². The van der Waals surface area contributed by atoms with E-state index in [0.29, 0.717) is 51.8 Å². The van der Waals surface area contributed by atoms with Crippen LogP contribution in [0.15, 0.2) is 59.2 Å². The second-order valence-corrected chi connectivity index (χ2v) is 7.68. The van der Waals surface area contributed by atoms with E-state index in [1.54, 1.807) is 24.3 Å². The maximum Gasteiger partial charge on any atom is 0.281 e. The third kappa shape index (κ3) is 4.80. The summed E-state index contributed by atoms with van der Waals surface area (Å²) in [6.45, 7) is 6.25. The first-order chi connectivity index (χ1) is 13.9. The zero-order chi connectivity index (χ0) is 21.0. The second-order valence-electron chi connectivity index (χ2n) is 5.97. The number of benzene rings is 2. The summed E-state index contributed by atoms with van der Waals surface area (Å²) in [5.74, 6) is 0.679. The predicted molar refractivity (Wildman–Crippen MR) is 124 cm³/mol. The van der Waals surface area contributed by atoms with Crippen molar-refractivity contribution in [2.45, 2.75) is 6.92 Å². The second kappa shape index (κ2) is 9.43. The highest BCUT2D eigenvalue weighted by molar-refractivity contribution is 9.10. The van der Waals surface area contributed by atoms with Crippen molar-refractivity contribution >= 4 is 62.5 Å². The van der Waals surface area contributed by atoms with Gasteiger partial charge in [0.05, 0.1) is 17.3 Å². The van der Waals surface area contributed by atoms with Gasteiger partial charge in [-0.2, -0.15) is 0 Å². The quantitative estimate of drug-likeness (QED) is 0.321. The first-order valence-corrected chi connectivity index (χ1v) is 10.3. The molecule has 8 heteroatoms. The normalized spacial score (nSPS) is 14.9. The molecule has 0 bridgehead atoms. The van der Waals surface area contributed by atoms with E-state index >= 15 is 0 Å². The molecule has 0 aliphatic carbocycles. The van der Waals surface area contributed by atoms with Crippen LogP contribution in [-0.4, -0.2) is 24.2 Å². The molecular formula is C21H18BrClN2O3S. The van der Waals surface area contributed by atoms with Crippen LogP contribution in [0.25, 0.3) is 6.08 Å². The van der Waals surface area contributed by atoms with Gasteiger partial charge in [0.25, 0.3) is 5.91 Å². The molecule has 1 saturated heterocycles. The summed E-state index contributed by atoms with van der Waals surface area (Å²) in [6, 6.07) is 10.8. The van der Waals surface area contributed by atoms with E-state index < -0.39 is 0 Å². The Morgan fingerprint density at radius 3 is 2.66 bits per heavy atom. The molecule has 150 valence electrons. The minimum Gasteiger partial charge on any atom is -0.490 e. The lowest BCUT2D eigenvalue weighted by atomic mass is 10.1. The minimum atomic E-state index is -0.251. The van der Waals surface area contributed by atoms with Crippen LogP contribution in [0.3, 0.4) is 0 Å². The number of hydrogen-bond acceptors (Lipinski definition) is 4. The number of carbonyl (C=O) groups is 1. The Morgan fingerprint density at radius 2 is 2.00 bits per heavy atom. The maximum atomic E-state index is 12.9. The number of rotatable bonds is 7. The van der Waals surface area contributed by atoms with Crippen LogP contribution in [0.2, 0.25) is 5.02 Å². The van der Waals surface area contributed by atoms with Gasteiger partial charge in [-0.3, -0.25) is 9.69 Å². The van der Waals surface area contributed by atoms with Gasteiger partial charge < -0.3 is 14.8 Å². The molecule has 1 aliphatic rings. The molecule has 1 aliphatic heterocycles. The van der Waals surface area contributed by atoms with Gasteiger partial charge >= 0.3 is 0 Å². The van der Waals surface area contributed by atoms with E-state index in [1.807, 2.05) is 31.2 Å². The molecule has 0 radical (unpaired) electrons. The smallest absolute Gasteiger partial charge is 0.281 e. The molecule has 0 unspecified atom stereocenters. The van der Waals surface area contributed by atoms with Gasteiger partial charge in [0.1, 0.15) is 12.3 Å². The van der Waals surface area contributed by atoms with Crippen molar-refractivity contribution in [1.82, 2.24) is 5.32 Å². The molecule has 2 aromatic carbocycles. The molecule has 29 heavy (non-hydrogen) atoms. The minimum absolute atomic E-state index is 0.251. The van der Waals surface area contributed by atoms with Gasteiger partial charge in [0.15, 0.2) is 16.6 Å². The number of halogens is 2. The SMILES string of the molecule is C=CCOc1c(Cl)cc(/C=C2\NC(=S)N(c3ccc(Br)cc3)C2=O)cc1OCC. The summed E-state index contributed by atoms with van der Waals surface area (Å²) < 4.78 is 12.2. The van der Waals surface area contributed by atoms with Crippen molar-refractivity contribution in [3.8, 4) is 11.5 Å². The van der Waals surface area contributed by atoms with Crippen LogP contribution < -0.4 is 19.7 Å². The van der Waals surface area contributed by atoms with Gasteiger partial charge in [-0.15, -0.1) is 0 Å². The molecule has 0 atom stereocenters. The fourth-order valence-electron chi connectivity index (χ4n) is 2.74. The Balaban J connectivity index is 1.93. The monoisotopic (exact) mass is 492 g/mol. The molecule has 2 aromatic rings. The molecule has 5 nitrogen and oxygen atoms in total. The third-order valence-corrected chi connectivity index (χ3v) is 5.05. The number of carbonyl (C=O) groups excluding carboxylic acids is 1. The third-order valence-electron chi connectivity index (χ3n) is 3.95. The Labute approximate surface area is 188 Å². The van der Waals surface area contributed by atoms with Crippen molar-refractivity contribution in [2.24, 2.45) is 0 Å². The van der Waals surface area contributed by atoms with Gasteiger partial charge in [-0.1, -0.05) is 40.2 Å². The Hall–Kier alpha value is -2.35. The maximum absolute atomic E-state index is 12.9. The van der Waals surface area contributed by atoms with Gasteiger partial charge in [-0.05, 0) is 67.2 Å². The summed E-state index contributed by atoms with van der Waals surface area (Å²) in [6.07, 6.45) is 3.31. The molecule has 1 N–H and O–H groups in total. The number of anilines is 1. The number of nitrogens with one attached hydrogen (secondary N) is 1. The molecular weight excluding hydrogens is 476 g/mol. The molecule has 0 spiro atoms. The zero-order valence-electron chi connectivity index (χ0n) is 15.6. The average molecular weight is 494 g/mol. The molecule has 1 heterocycles. The first kappa shape index (κ1) is 21.4. The number of nitrogens with zero attached hydrogens (tertiary/aromatic N) is 1. The van der Waals surface area contributed by atoms with E-state index in [0.717, 1.165) is 4.47 Å². The Bertz CT molecular complexity index is 992. The number of hydrogen-bond donors (Lipinski definition) is 1. The van der Waals surface area contributed by atoms with Crippen LogP contribution in [0, 0.1) is 0 Å². The lowest BCUT2D eigenvalue weighted by molar-refractivity contribution is -0.113. The van der Waals surface area contributed by atoms with Gasteiger partial charge in [0.2, 0.25) is 0 Å². The van der Waals surface area contributed by atoms with Crippen LogP contribution in [0.4, 0.5) is 5.69 Å².